The molecule has 0 aromatic heterocycles. The van der Waals surface area contributed by atoms with Crippen molar-refractivity contribution in [2.45, 2.75) is 213 Å². The number of phosphoric ester groups is 1. The second-order valence-electron chi connectivity index (χ2n) is 14.3. The van der Waals surface area contributed by atoms with Crippen molar-refractivity contribution in [3.05, 3.63) is 36.5 Å². The maximum absolute atomic E-state index is 12.4. The Morgan fingerprint density at radius 1 is 0.500 bits per heavy atom. The quantitative estimate of drug-likeness (QED) is 0.0275. The largest absolute Gasteiger partial charge is 0.469 e. The minimum Gasteiger partial charge on any atom is -0.462 e. The van der Waals surface area contributed by atoms with E-state index in [1.807, 2.05) is 0 Å². The van der Waals surface area contributed by atoms with Crippen LogP contribution in [0, 0.1) is 0 Å². The number of rotatable bonds is 39. The number of unbranched alkanes of at least 4 members (excludes halogenated alkanes) is 23. The van der Waals surface area contributed by atoms with Gasteiger partial charge in [0.2, 0.25) is 0 Å². The fraction of sp³-hybridized carbons (Fsp3) is 0.814. The smallest absolute Gasteiger partial charge is 0.462 e. The lowest BCUT2D eigenvalue weighted by atomic mass is 10.0. The molecule has 0 heterocycles. The molecule has 9 heteroatoms. The molecule has 0 aromatic rings. The van der Waals surface area contributed by atoms with Crippen molar-refractivity contribution < 1.29 is 37.9 Å². The molecular weight excluding hydrogens is 675 g/mol. The van der Waals surface area contributed by atoms with Gasteiger partial charge in [0.25, 0.3) is 0 Å². The van der Waals surface area contributed by atoms with Crippen LogP contribution in [0.1, 0.15) is 206 Å². The van der Waals surface area contributed by atoms with Gasteiger partial charge in [-0.1, -0.05) is 179 Å². The molecule has 0 aromatic carbocycles. The fourth-order valence-electron chi connectivity index (χ4n) is 5.97. The van der Waals surface area contributed by atoms with Crippen LogP contribution < -0.4 is 0 Å². The van der Waals surface area contributed by atoms with E-state index in [2.05, 4.69) is 54.8 Å². The molecule has 0 radical (unpaired) electrons. The Kier molecular flexibility index (Phi) is 37.7. The molecule has 0 aliphatic carbocycles. The SMILES string of the molecule is CCCCC/C=C\C/C=C\C/C=C\CCCCC(=O)O[C@H](COC(=O)CCCCCCCCCCCCCCCCCCCCC)COP(=O)(O)O. The Morgan fingerprint density at radius 3 is 1.33 bits per heavy atom. The molecule has 1 atom stereocenters. The zero-order valence-corrected chi connectivity index (χ0v) is 34.4. The lowest BCUT2D eigenvalue weighted by Crippen LogP contribution is -2.29. The van der Waals surface area contributed by atoms with E-state index in [4.69, 9.17) is 19.3 Å². The van der Waals surface area contributed by atoms with E-state index in [0.717, 1.165) is 51.4 Å². The van der Waals surface area contributed by atoms with Gasteiger partial charge in [-0.25, -0.2) is 4.57 Å². The summed E-state index contributed by atoms with van der Waals surface area (Å²) in [6.07, 6.45) is 45.9. The summed E-state index contributed by atoms with van der Waals surface area (Å²) in [5, 5.41) is 0. The Morgan fingerprint density at radius 2 is 0.865 bits per heavy atom. The molecule has 0 aliphatic heterocycles. The normalized spacial score (nSPS) is 12.8. The Bertz CT molecular complexity index is 941. The summed E-state index contributed by atoms with van der Waals surface area (Å²) in [6, 6.07) is 0. The molecule has 0 spiro atoms. The lowest BCUT2D eigenvalue weighted by molar-refractivity contribution is -0.161. The lowest BCUT2D eigenvalue weighted by Gasteiger charge is -2.18. The van der Waals surface area contributed by atoms with Crippen molar-refractivity contribution in [1.82, 2.24) is 0 Å². The van der Waals surface area contributed by atoms with Gasteiger partial charge in [0.05, 0.1) is 6.61 Å². The predicted octanol–water partition coefficient (Wildman–Crippen LogP) is 13.0. The van der Waals surface area contributed by atoms with Crippen LogP contribution in [-0.4, -0.2) is 41.0 Å². The molecule has 0 unspecified atom stereocenters. The van der Waals surface area contributed by atoms with Gasteiger partial charge >= 0.3 is 19.8 Å². The highest BCUT2D eigenvalue weighted by Crippen LogP contribution is 2.36. The molecule has 0 rings (SSSR count). The van der Waals surface area contributed by atoms with Crippen molar-refractivity contribution >= 4 is 19.8 Å². The first-order valence-electron chi connectivity index (χ1n) is 21.3. The van der Waals surface area contributed by atoms with Gasteiger partial charge < -0.3 is 19.3 Å². The number of allylic oxidation sites excluding steroid dienone is 6. The van der Waals surface area contributed by atoms with Gasteiger partial charge in [-0.15, -0.1) is 0 Å². The van der Waals surface area contributed by atoms with E-state index in [1.165, 1.54) is 122 Å². The first-order valence-corrected chi connectivity index (χ1v) is 22.8. The van der Waals surface area contributed by atoms with Crippen LogP contribution in [0.3, 0.4) is 0 Å². The molecule has 0 saturated heterocycles. The van der Waals surface area contributed by atoms with Crippen LogP contribution in [0.25, 0.3) is 0 Å². The van der Waals surface area contributed by atoms with Crippen LogP contribution in [0.2, 0.25) is 0 Å². The minimum atomic E-state index is -4.76. The van der Waals surface area contributed by atoms with Gasteiger partial charge in [-0.05, 0) is 51.4 Å². The number of hydrogen-bond acceptors (Lipinski definition) is 6. The van der Waals surface area contributed by atoms with Crippen molar-refractivity contribution in [3.63, 3.8) is 0 Å². The number of ether oxygens (including phenoxy) is 2. The zero-order chi connectivity index (χ0) is 38.2. The molecule has 8 nitrogen and oxygen atoms in total. The third-order valence-electron chi connectivity index (χ3n) is 9.16. The maximum atomic E-state index is 12.4. The summed E-state index contributed by atoms with van der Waals surface area (Å²) in [6.45, 7) is 3.64. The average molecular weight is 755 g/mol. The van der Waals surface area contributed by atoms with Crippen LogP contribution in [0.4, 0.5) is 0 Å². The van der Waals surface area contributed by atoms with Crippen LogP contribution in [0.15, 0.2) is 36.5 Å². The number of hydrogen-bond donors (Lipinski definition) is 2. The van der Waals surface area contributed by atoms with E-state index in [9.17, 15) is 14.2 Å². The Balaban J connectivity index is 3.92. The zero-order valence-electron chi connectivity index (χ0n) is 33.5. The Labute approximate surface area is 319 Å². The van der Waals surface area contributed by atoms with Gasteiger partial charge in [0, 0.05) is 12.8 Å². The Hall–Kier alpha value is -1.73. The second kappa shape index (κ2) is 39.0. The van der Waals surface area contributed by atoms with Gasteiger partial charge in [-0.3, -0.25) is 14.1 Å². The first-order chi connectivity index (χ1) is 25.3. The maximum Gasteiger partial charge on any atom is 0.469 e. The standard InChI is InChI=1S/C43H79O8P/c1-3-5-7-9-11-13-15-17-19-20-21-22-24-25-27-29-31-33-35-37-42(44)49-39-41(40-50-52(46,47)48)51-43(45)38-36-34-32-30-28-26-23-18-16-14-12-10-8-6-4-2/h12,14,18,23,28,30,41H,3-11,13,15-17,19-22,24-27,29,31-40H2,1-2H3,(H2,46,47,48)/b14-12-,23-18-,30-28-/t41-/m1/s1. The van der Waals surface area contributed by atoms with E-state index in [1.54, 1.807) is 0 Å². The summed E-state index contributed by atoms with van der Waals surface area (Å²) in [7, 11) is -4.76. The highest BCUT2D eigenvalue weighted by molar-refractivity contribution is 7.46. The topological polar surface area (TPSA) is 119 Å². The predicted molar refractivity (Wildman–Crippen MR) is 216 cm³/mol. The van der Waals surface area contributed by atoms with Crippen molar-refractivity contribution in [3.8, 4) is 0 Å². The van der Waals surface area contributed by atoms with Crippen LogP contribution in [0.5, 0.6) is 0 Å². The summed E-state index contributed by atoms with van der Waals surface area (Å²) in [4.78, 5) is 42.8. The van der Waals surface area contributed by atoms with E-state index >= 15 is 0 Å². The molecule has 0 aliphatic rings. The second-order valence-corrected chi connectivity index (χ2v) is 15.6. The third-order valence-corrected chi connectivity index (χ3v) is 9.65. The molecule has 0 amide bonds. The molecule has 0 saturated carbocycles. The van der Waals surface area contributed by atoms with Crippen molar-refractivity contribution in [2.75, 3.05) is 13.2 Å². The highest BCUT2D eigenvalue weighted by atomic mass is 31.2. The average Bonchev–Trinajstić information content (AvgIpc) is 3.11. The minimum absolute atomic E-state index is 0.165. The molecule has 0 bridgehead atoms. The number of esters is 2. The van der Waals surface area contributed by atoms with E-state index in [-0.39, 0.29) is 19.4 Å². The number of carbonyl (C=O) groups excluding carboxylic acids is 2. The monoisotopic (exact) mass is 755 g/mol. The van der Waals surface area contributed by atoms with Gasteiger partial charge in [0.15, 0.2) is 6.10 Å². The highest BCUT2D eigenvalue weighted by Gasteiger charge is 2.22. The van der Waals surface area contributed by atoms with Crippen LogP contribution in [-0.2, 0) is 28.2 Å². The fourth-order valence-corrected chi connectivity index (χ4v) is 6.33. The molecule has 0 fully saturated rings. The third kappa shape index (κ3) is 41.0. The van der Waals surface area contributed by atoms with Crippen molar-refractivity contribution in [1.29, 1.82) is 0 Å². The first kappa shape index (κ1) is 50.3. The molecule has 2 N–H and O–H groups in total. The van der Waals surface area contributed by atoms with Gasteiger partial charge in [-0.2, -0.15) is 0 Å². The molecular formula is C43H79O8P. The summed E-state index contributed by atoms with van der Waals surface area (Å²) in [5.41, 5.74) is 0. The number of phosphoric acid groups is 1. The number of carbonyl (C=O) groups is 2. The summed E-state index contributed by atoms with van der Waals surface area (Å²) >= 11 is 0. The van der Waals surface area contributed by atoms with Crippen molar-refractivity contribution in [2.24, 2.45) is 0 Å². The van der Waals surface area contributed by atoms with E-state index < -0.39 is 32.5 Å². The van der Waals surface area contributed by atoms with E-state index in [0.29, 0.717) is 6.42 Å². The summed E-state index contributed by atoms with van der Waals surface area (Å²) < 4.78 is 26.3. The molecule has 52 heavy (non-hydrogen) atoms. The summed E-state index contributed by atoms with van der Waals surface area (Å²) in [5.74, 6) is -0.923. The van der Waals surface area contributed by atoms with Gasteiger partial charge in [0.1, 0.15) is 6.61 Å². The van der Waals surface area contributed by atoms with Crippen LogP contribution >= 0.6 is 7.82 Å². The molecule has 304 valence electrons.